The number of phenols is 1. The lowest BCUT2D eigenvalue weighted by Gasteiger charge is -2.29. The molecule has 1 heterocycles. The minimum Gasteiger partial charge on any atom is -0.507 e. The zero-order chi connectivity index (χ0) is 18.3. The second-order valence-corrected chi connectivity index (χ2v) is 8.50. The van der Waals surface area contributed by atoms with Crippen molar-refractivity contribution in [2.24, 2.45) is 0 Å². The number of phenolic OH excluding ortho intramolecular Hbond substituents is 1. The van der Waals surface area contributed by atoms with Crippen molar-refractivity contribution in [3.8, 4) is 5.75 Å². The number of esters is 1. The molecule has 1 aromatic rings. The van der Waals surface area contributed by atoms with Crippen molar-refractivity contribution < 1.29 is 19.5 Å². The number of methoxy groups -OCH3 is 1. The van der Waals surface area contributed by atoms with E-state index in [4.69, 9.17) is 9.57 Å². The number of nitrogens with one attached hydrogen (secondary N) is 1. The van der Waals surface area contributed by atoms with Gasteiger partial charge in [-0.3, -0.25) is 4.84 Å². The molecular formula is C19H29NO4. The van der Waals surface area contributed by atoms with Gasteiger partial charge in [0.1, 0.15) is 5.75 Å². The van der Waals surface area contributed by atoms with Gasteiger partial charge in [-0.2, -0.15) is 5.48 Å². The first-order valence-electron chi connectivity index (χ1n) is 8.32. The summed E-state index contributed by atoms with van der Waals surface area (Å²) >= 11 is 0. The summed E-state index contributed by atoms with van der Waals surface area (Å²) in [6.45, 7) is 12.5. The van der Waals surface area contributed by atoms with Crippen molar-refractivity contribution in [3.63, 3.8) is 0 Å². The molecule has 1 aliphatic heterocycles. The molecule has 0 saturated carbocycles. The summed E-state index contributed by atoms with van der Waals surface area (Å²) in [6, 6.07) is 3.90. The zero-order valence-corrected chi connectivity index (χ0v) is 15.7. The van der Waals surface area contributed by atoms with Gasteiger partial charge < -0.3 is 9.84 Å². The van der Waals surface area contributed by atoms with Crippen LogP contribution < -0.4 is 5.48 Å². The SMILES string of the molecule is COC(=O)[C@H]1C[C@@H](c2cc(C(C)(C)C)c(O)c(C(C)(C)C)c2)NO1. The molecule has 0 spiro atoms. The molecule has 5 nitrogen and oxygen atoms in total. The normalized spacial score (nSPS) is 21.8. The van der Waals surface area contributed by atoms with Crippen LogP contribution in [0.4, 0.5) is 0 Å². The van der Waals surface area contributed by atoms with E-state index in [-0.39, 0.29) is 22.8 Å². The van der Waals surface area contributed by atoms with Gasteiger partial charge in [0.15, 0.2) is 6.10 Å². The second kappa shape index (κ2) is 6.37. The summed E-state index contributed by atoms with van der Waals surface area (Å²) in [5.74, 6) is -0.0296. The fourth-order valence-electron chi connectivity index (χ4n) is 2.96. The van der Waals surface area contributed by atoms with E-state index in [9.17, 15) is 9.90 Å². The van der Waals surface area contributed by atoms with Gasteiger partial charge in [0.25, 0.3) is 0 Å². The van der Waals surface area contributed by atoms with Crippen LogP contribution in [0.2, 0.25) is 0 Å². The molecule has 1 aromatic carbocycles. The third-order valence-electron chi connectivity index (χ3n) is 4.42. The van der Waals surface area contributed by atoms with Crippen molar-refractivity contribution in [1.29, 1.82) is 0 Å². The Kier molecular flexibility index (Phi) is 4.98. The van der Waals surface area contributed by atoms with Gasteiger partial charge in [0.2, 0.25) is 0 Å². The van der Waals surface area contributed by atoms with Gasteiger partial charge in [-0.05, 0) is 39.7 Å². The van der Waals surface area contributed by atoms with Crippen LogP contribution in [-0.4, -0.2) is 24.3 Å². The fourth-order valence-corrected chi connectivity index (χ4v) is 2.96. The molecule has 0 bridgehead atoms. The first-order chi connectivity index (χ1) is 10.9. The lowest BCUT2D eigenvalue weighted by atomic mass is 9.77. The number of ether oxygens (including phenoxy) is 1. The number of carbonyl (C=O) groups excluding carboxylic acids is 1. The maximum Gasteiger partial charge on any atom is 0.337 e. The first kappa shape index (κ1) is 18.7. The van der Waals surface area contributed by atoms with Crippen LogP contribution in [0.1, 0.15) is 70.7 Å². The predicted molar refractivity (Wildman–Crippen MR) is 92.9 cm³/mol. The maximum absolute atomic E-state index is 11.7. The zero-order valence-electron chi connectivity index (χ0n) is 15.7. The van der Waals surface area contributed by atoms with E-state index in [2.05, 4.69) is 47.0 Å². The summed E-state index contributed by atoms with van der Waals surface area (Å²) in [7, 11) is 1.36. The van der Waals surface area contributed by atoms with Gasteiger partial charge in [-0.25, -0.2) is 4.79 Å². The highest BCUT2D eigenvalue weighted by molar-refractivity contribution is 5.74. The molecule has 1 aliphatic rings. The van der Waals surface area contributed by atoms with Crippen molar-refractivity contribution >= 4 is 5.97 Å². The number of hydrogen-bond donors (Lipinski definition) is 2. The molecule has 134 valence electrons. The number of aromatic hydroxyl groups is 1. The Labute approximate surface area is 144 Å². The third-order valence-corrected chi connectivity index (χ3v) is 4.42. The van der Waals surface area contributed by atoms with Gasteiger partial charge >= 0.3 is 5.97 Å². The first-order valence-corrected chi connectivity index (χ1v) is 8.32. The minimum atomic E-state index is -0.607. The highest BCUT2D eigenvalue weighted by atomic mass is 16.7. The Morgan fingerprint density at radius 1 is 1.17 bits per heavy atom. The number of rotatable bonds is 2. The second-order valence-electron chi connectivity index (χ2n) is 8.50. The summed E-state index contributed by atoms with van der Waals surface area (Å²) in [4.78, 5) is 17.0. The molecule has 2 atom stereocenters. The maximum atomic E-state index is 11.7. The quantitative estimate of drug-likeness (QED) is 0.810. The fraction of sp³-hybridized carbons (Fsp3) is 0.632. The Morgan fingerprint density at radius 2 is 1.67 bits per heavy atom. The molecule has 2 N–H and O–H groups in total. The Hall–Kier alpha value is -1.59. The number of hydrogen-bond acceptors (Lipinski definition) is 5. The standard InChI is InChI=1S/C19H29NO4/c1-18(2,3)12-8-11(9-13(16(12)21)19(4,5)6)14-10-15(24-20-14)17(22)23-7/h8-9,14-15,20-21H,10H2,1-7H3/t14-,15+/m0/s1. The third kappa shape index (κ3) is 3.73. The van der Waals surface area contributed by atoms with Crippen LogP contribution >= 0.6 is 0 Å². The van der Waals surface area contributed by atoms with E-state index >= 15 is 0 Å². The van der Waals surface area contributed by atoms with Crippen molar-refractivity contribution in [2.45, 2.75) is 70.9 Å². The molecule has 0 amide bonds. The molecule has 0 aromatic heterocycles. The van der Waals surface area contributed by atoms with Crippen molar-refractivity contribution in [1.82, 2.24) is 5.48 Å². The van der Waals surface area contributed by atoms with Gasteiger partial charge in [0, 0.05) is 6.42 Å². The van der Waals surface area contributed by atoms with E-state index in [0.717, 1.165) is 16.7 Å². The Morgan fingerprint density at radius 3 is 2.08 bits per heavy atom. The molecule has 0 aliphatic carbocycles. The van der Waals surface area contributed by atoms with E-state index in [1.165, 1.54) is 7.11 Å². The highest BCUT2D eigenvalue weighted by Crippen LogP contribution is 2.42. The van der Waals surface area contributed by atoms with Crippen LogP contribution in [-0.2, 0) is 25.2 Å². The topological polar surface area (TPSA) is 67.8 Å². The van der Waals surface area contributed by atoms with Gasteiger partial charge in [-0.1, -0.05) is 41.5 Å². The molecular weight excluding hydrogens is 306 g/mol. The van der Waals surface area contributed by atoms with E-state index in [1.807, 2.05) is 12.1 Å². The minimum absolute atomic E-state index is 0.114. The molecule has 24 heavy (non-hydrogen) atoms. The summed E-state index contributed by atoms with van der Waals surface area (Å²) in [6.07, 6.45) is -0.102. The smallest absolute Gasteiger partial charge is 0.337 e. The van der Waals surface area contributed by atoms with Crippen LogP contribution in [0.15, 0.2) is 12.1 Å². The van der Waals surface area contributed by atoms with Gasteiger partial charge in [0.05, 0.1) is 13.2 Å². The Balaban J connectivity index is 2.46. The van der Waals surface area contributed by atoms with Crippen LogP contribution in [0, 0.1) is 0 Å². The lowest BCUT2D eigenvalue weighted by Crippen LogP contribution is -2.22. The van der Waals surface area contributed by atoms with E-state index in [0.29, 0.717) is 12.2 Å². The van der Waals surface area contributed by atoms with Crippen LogP contribution in [0.25, 0.3) is 0 Å². The van der Waals surface area contributed by atoms with Crippen molar-refractivity contribution in [3.05, 3.63) is 28.8 Å². The lowest BCUT2D eigenvalue weighted by molar-refractivity contribution is -0.154. The summed E-state index contributed by atoms with van der Waals surface area (Å²) in [5, 5.41) is 10.8. The Bertz CT molecular complexity index is 590. The van der Waals surface area contributed by atoms with Crippen LogP contribution in [0.3, 0.4) is 0 Å². The summed E-state index contributed by atoms with van der Waals surface area (Å²) < 4.78 is 4.75. The van der Waals surface area contributed by atoms with Crippen molar-refractivity contribution in [2.75, 3.05) is 7.11 Å². The molecule has 5 heteroatoms. The molecule has 2 rings (SSSR count). The average molecular weight is 335 g/mol. The molecule has 1 saturated heterocycles. The van der Waals surface area contributed by atoms with E-state index < -0.39 is 6.10 Å². The van der Waals surface area contributed by atoms with Gasteiger partial charge in [-0.15, -0.1) is 0 Å². The largest absolute Gasteiger partial charge is 0.507 e. The number of carbonyl (C=O) groups is 1. The monoisotopic (exact) mass is 335 g/mol. The summed E-state index contributed by atoms with van der Waals surface area (Å²) in [5.41, 5.74) is 5.35. The van der Waals surface area contributed by atoms with Crippen LogP contribution in [0.5, 0.6) is 5.75 Å². The molecule has 0 radical (unpaired) electrons. The molecule has 1 fully saturated rings. The predicted octanol–water partition coefficient (Wildman–Crippen LogP) is 3.49. The number of benzene rings is 1. The molecule has 0 unspecified atom stereocenters. The van der Waals surface area contributed by atoms with E-state index in [1.54, 1.807) is 0 Å². The highest BCUT2D eigenvalue weighted by Gasteiger charge is 2.35. The average Bonchev–Trinajstić information content (AvgIpc) is 2.94. The number of hydroxylamine groups is 1.